The number of para-hydroxylation sites is 1. The smallest absolute Gasteiger partial charge is 0.331 e. The normalized spacial score (nSPS) is 32.0. The molecule has 1 aromatic carbocycles. The van der Waals surface area contributed by atoms with E-state index in [4.69, 9.17) is 4.74 Å². The van der Waals surface area contributed by atoms with Crippen LogP contribution >= 0.6 is 0 Å². The van der Waals surface area contributed by atoms with E-state index in [0.717, 1.165) is 12.8 Å². The molecular weight excluding hydrogens is 271 g/mol. The molecule has 2 aliphatic rings. The third-order valence-corrected chi connectivity index (χ3v) is 4.98. The molecular formula is C16H21FN2O2. The van der Waals surface area contributed by atoms with Crippen LogP contribution in [0.15, 0.2) is 24.3 Å². The van der Waals surface area contributed by atoms with Crippen LogP contribution < -0.4 is 5.32 Å². The van der Waals surface area contributed by atoms with Gasteiger partial charge in [-0.25, -0.2) is 9.18 Å². The minimum absolute atomic E-state index is 0.296. The average Bonchev–Trinajstić information content (AvgIpc) is 2.72. The van der Waals surface area contributed by atoms with Crippen LogP contribution in [-0.2, 0) is 9.53 Å². The maximum absolute atomic E-state index is 13.9. The number of methoxy groups -OCH3 is 1. The van der Waals surface area contributed by atoms with Gasteiger partial charge in [-0.2, -0.15) is 0 Å². The molecule has 0 spiro atoms. The minimum Gasteiger partial charge on any atom is -0.467 e. The third-order valence-electron chi connectivity index (χ3n) is 4.98. The summed E-state index contributed by atoms with van der Waals surface area (Å²) < 4.78 is 19.0. The molecule has 3 rings (SSSR count). The fraction of sp³-hybridized carbons (Fsp3) is 0.562. The maximum atomic E-state index is 13.9. The number of nitrogens with one attached hydrogen (secondary N) is 1. The summed E-state index contributed by atoms with van der Waals surface area (Å²) in [6.07, 6.45) is 3.47. The van der Waals surface area contributed by atoms with Crippen molar-refractivity contribution >= 4 is 11.7 Å². The van der Waals surface area contributed by atoms with Crippen molar-refractivity contribution in [3.05, 3.63) is 30.1 Å². The predicted octanol–water partition coefficient (Wildman–Crippen LogP) is 2.41. The standard InChI is InChI=1S/C16H21FN2O2/c1-19-11-7-8-12(19)10-16(9-11,15(20)21-2)18-14-6-4-3-5-13(14)17/h3-6,11-12,18H,7-10H2,1-2H3. The molecule has 0 saturated carbocycles. The van der Waals surface area contributed by atoms with Crippen LogP contribution in [0.2, 0.25) is 0 Å². The molecule has 2 fully saturated rings. The molecule has 2 aliphatic heterocycles. The summed E-state index contributed by atoms with van der Waals surface area (Å²) >= 11 is 0. The Labute approximate surface area is 124 Å². The van der Waals surface area contributed by atoms with Gasteiger partial charge < -0.3 is 15.0 Å². The number of hydrogen-bond donors (Lipinski definition) is 1. The van der Waals surface area contributed by atoms with Gasteiger partial charge in [-0.05, 0) is 44.9 Å². The molecule has 5 heteroatoms. The van der Waals surface area contributed by atoms with Crippen LogP contribution in [0.1, 0.15) is 25.7 Å². The molecule has 0 amide bonds. The summed E-state index contributed by atoms with van der Waals surface area (Å²) in [6, 6.07) is 7.17. The van der Waals surface area contributed by atoms with E-state index >= 15 is 0 Å². The lowest BCUT2D eigenvalue weighted by Crippen LogP contribution is -2.58. The molecule has 0 aromatic heterocycles. The summed E-state index contributed by atoms with van der Waals surface area (Å²) in [5.74, 6) is -0.636. The first-order valence-electron chi connectivity index (χ1n) is 7.39. The highest BCUT2D eigenvalue weighted by molar-refractivity contribution is 5.85. The Morgan fingerprint density at radius 1 is 1.33 bits per heavy atom. The van der Waals surface area contributed by atoms with E-state index in [1.54, 1.807) is 18.2 Å². The Morgan fingerprint density at radius 3 is 2.52 bits per heavy atom. The van der Waals surface area contributed by atoms with E-state index in [1.165, 1.54) is 13.2 Å². The quantitative estimate of drug-likeness (QED) is 0.869. The van der Waals surface area contributed by atoms with Crippen molar-refractivity contribution in [3.63, 3.8) is 0 Å². The molecule has 114 valence electrons. The van der Waals surface area contributed by atoms with Crippen LogP contribution in [-0.4, -0.2) is 42.6 Å². The third kappa shape index (κ3) is 2.39. The van der Waals surface area contributed by atoms with Crippen molar-refractivity contribution < 1.29 is 13.9 Å². The highest BCUT2D eigenvalue weighted by Gasteiger charge is 2.52. The Hall–Kier alpha value is -1.62. The van der Waals surface area contributed by atoms with Crippen molar-refractivity contribution in [3.8, 4) is 0 Å². The van der Waals surface area contributed by atoms with Gasteiger partial charge in [-0.15, -0.1) is 0 Å². The second-order valence-electron chi connectivity index (χ2n) is 6.14. The molecule has 2 saturated heterocycles. The SMILES string of the molecule is COC(=O)C1(Nc2ccccc2F)CC2CCC(C1)N2C. The van der Waals surface area contributed by atoms with Crippen LogP contribution in [0.5, 0.6) is 0 Å². The lowest BCUT2D eigenvalue weighted by Gasteiger charge is -2.44. The summed E-state index contributed by atoms with van der Waals surface area (Å²) in [7, 11) is 3.50. The van der Waals surface area contributed by atoms with Gasteiger partial charge in [0.25, 0.3) is 0 Å². The summed E-state index contributed by atoms with van der Waals surface area (Å²) in [4.78, 5) is 14.7. The first-order valence-corrected chi connectivity index (χ1v) is 7.39. The predicted molar refractivity (Wildman–Crippen MR) is 78.6 cm³/mol. The number of rotatable bonds is 3. The largest absolute Gasteiger partial charge is 0.467 e. The molecule has 2 atom stereocenters. The highest BCUT2D eigenvalue weighted by Crippen LogP contribution is 2.42. The Bertz CT molecular complexity index is 535. The number of halogens is 1. The molecule has 1 N–H and O–H groups in total. The summed E-state index contributed by atoms with van der Waals surface area (Å²) in [5.41, 5.74) is -0.457. The highest BCUT2D eigenvalue weighted by atomic mass is 19.1. The summed E-state index contributed by atoms with van der Waals surface area (Å²) in [6.45, 7) is 0. The number of hydrogen-bond acceptors (Lipinski definition) is 4. The fourth-order valence-corrected chi connectivity index (χ4v) is 3.81. The molecule has 2 heterocycles. The fourth-order valence-electron chi connectivity index (χ4n) is 3.81. The number of nitrogens with zero attached hydrogens (tertiary/aromatic N) is 1. The van der Waals surface area contributed by atoms with E-state index < -0.39 is 5.54 Å². The molecule has 2 bridgehead atoms. The van der Waals surface area contributed by atoms with Gasteiger partial charge in [0, 0.05) is 12.1 Å². The molecule has 0 radical (unpaired) electrons. The molecule has 1 aromatic rings. The number of piperidine rings is 1. The van der Waals surface area contributed by atoms with Crippen molar-refractivity contribution in [2.24, 2.45) is 0 Å². The number of benzene rings is 1. The Balaban J connectivity index is 1.92. The van der Waals surface area contributed by atoms with Gasteiger partial charge in [0.1, 0.15) is 11.4 Å². The number of anilines is 1. The van der Waals surface area contributed by atoms with Gasteiger partial charge in [0.15, 0.2) is 0 Å². The van der Waals surface area contributed by atoms with E-state index in [0.29, 0.717) is 30.6 Å². The molecule has 0 aliphatic carbocycles. The van der Waals surface area contributed by atoms with Crippen molar-refractivity contribution in [2.75, 3.05) is 19.5 Å². The lowest BCUT2D eigenvalue weighted by molar-refractivity contribution is -0.148. The van der Waals surface area contributed by atoms with Crippen LogP contribution in [0.4, 0.5) is 10.1 Å². The Kier molecular flexibility index (Phi) is 3.61. The lowest BCUT2D eigenvalue weighted by atomic mass is 9.82. The van der Waals surface area contributed by atoms with Gasteiger partial charge in [0.05, 0.1) is 12.8 Å². The maximum Gasteiger partial charge on any atom is 0.331 e. The molecule has 4 nitrogen and oxygen atoms in total. The van der Waals surface area contributed by atoms with Crippen LogP contribution in [0, 0.1) is 5.82 Å². The number of carbonyl (C=O) groups excluding carboxylic acids is 1. The van der Waals surface area contributed by atoms with Gasteiger partial charge >= 0.3 is 5.97 Å². The zero-order valence-corrected chi connectivity index (χ0v) is 12.4. The first kappa shape index (κ1) is 14.3. The summed E-state index contributed by atoms with van der Waals surface area (Å²) in [5, 5.41) is 3.16. The van der Waals surface area contributed by atoms with E-state index in [2.05, 4.69) is 17.3 Å². The van der Waals surface area contributed by atoms with Crippen LogP contribution in [0.3, 0.4) is 0 Å². The second-order valence-corrected chi connectivity index (χ2v) is 6.14. The monoisotopic (exact) mass is 292 g/mol. The molecule has 2 unspecified atom stereocenters. The minimum atomic E-state index is -0.824. The van der Waals surface area contributed by atoms with Gasteiger partial charge in [-0.3, -0.25) is 0 Å². The average molecular weight is 292 g/mol. The van der Waals surface area contributed by atoms with Gasteiger partial charge in [0.2, 0.25) is 0 Å². The van der Waals surface area contributed by atoms with E-state index in [1.807, 2.05) is 0 Å². The Morgan fingerprint density at radius 2 is 1.95 bits per heavy atom. The van der Waals surface area contributed by atoms with E-state index in [-0.39, 0.29) is 11.8 Å². The van der Waals surface area contributed by atoms with Crippen molar-refractivity contribution in [2.45, 2.75) is 43.3 Å². The second kappa shape index (κ2) is 5.30. The zero-order valence-electron chi connectivity index (χ0n) is 12.4. The van der Waals surface area contributed by atoms with Crippen molar-refractivity contribution in [1.29, 1.82) is 0 Å². The van der Waals surface area contributed by atoms with Crippen molar-refractivity contribution in [1.82, 2.24) is 4.90 Å². The number of esters is 1. The first-order chi connectivity index (χ1) is 10.1. The van der Waals surface area contributed by atoms with E-state index in [9.17, 15) is 9.18 Å². The topological polar surface area (TPSA) is 41.6 Å². The molecule has 21 heavy (non-hydrogen) atoms. The zero-order chi connectivity index (χ0) is 15.0. The number of ether oxygens (including phenoxy) is 1. The van der Waals surface area contributed by atoms with Crippen LogP contribution in [0.25, 0.3) is 0 Å². The number of fused-ring (bicyclic) bond motifs is 2. The number of carbonyl (C=O) groups is 1. The van der Waals surface area contributed by atoms with Gasteiger partial charge in [-0.1, -0.05) is 12.1 Å².